The van der Waals surface area contributed by atoms with Crippen LogP contribution in [0.15, 0.2) is 9.00 Å². The minimum Gasteiger partial charge on any atom is -0.468 e. The van der Waals surface area contributed by atoms with E-state index in [1.54, 1.807) is 0 Å². The van der Waals surface area contributed by atoms with Gasteiger partial charge in [-0.25, -0.2) is 8.42 Å². The first kappa shape index (κ1) is 13.9. The molecule has 0 bridgehead atoms. The van der Waals surface area contributed by atoms with Gasteiger partial charge < -0.3 is 9.72 Å². The molecule has 17 heavy (non-hydrogen) atoms. The zero-order valence-electron chi connectivity index (χ0n) is 9.44. The van der Waals surface area contributed by atoms with Crippen LogP contribution in [-0.4, -0.2) is 32.5 Å². The molecule has 1 atom stereocenters. The van der Waals surface area contributed by atoms with Crippen molar-refractivity contribution in [2.75, 3.05) is 7.11 Å². The second-order valence-electron chi connectivity index (χ2n) is 3.29. The summed E-state index contributed by atoms with van der Waals surface area (Å²) in [5.74, 6) is -0.700. The van der Waals surface area contributed by atoms with Crippen LogP contribution in [-0.2, 0) is 19.6 Å². The van der Waals surface area contributed by atoms with Gasteiger partial charge in [-0.2, -0.15) is 4.72 Å². The molecule has 0 spiro atoms. The highest BCUT2D eigenvalue weighted by atomic mass is 32.2. The summed E-state index contributed by atoms with van der Waals surface area (Å²) in [7, 11) is -2.73. The van der Waals surface area contributed by atoms with E-state index in [0.29, 0.717) is 11.3 Å². The number of carbonyl (C=O) groups excluding carboxylic acids is 1. The molecule has 7 nitrogen and oxygen atoms in total. The Kier molecular flexibility index (Phi) is 4.07. The predicted octanol–water partition coefficient (Wildman–Crippen LogP) is -0.415. The summed E-state index contributed by atoms with van der Waals surface area (Å²) < 4.78 is 30.1. The lowest BCUT2D eigenvalue weighted by atomic mass is 10.4. The maximum Gasteiger partial charge on any atom is 0.323 e. The molecular weight excluding hydrogens is 268 g/mol. The number of methoxy groups -OCH3 is 1. The highest BCUT2D eigenvalue weighted by Gasteiger charge is 2.25. The topological polar surface area (TPSA) is 105 Å². The van der Waals surface area contributed by atoms with Gasteiger partial charge in [0.1, 0.15) is 6.04 Å². The molecule has 1 aromatic heterocycles. The molecule has 0 saturated heterocycles. The van der Waals surface area contributed by atoms with E-state index in [0.717, 1.165) is 7.11 Å². The molecule has 0 aliphatic rings. The van der Waals surface area contributed by atoms with Crippen molar-refractivity contribution in [3.05, 3.63) is 15.4 Å². The van der Waals surface area contributed by atoms with Gasteiger partial charge in [-0.1, -0.05) is 11.3 Å². The third kappa shape index (κ3) is 3.14. The number of H-pyrrole nitrogens is 1. The molecule has 1 heterocycles. The van der Waals surface area contributed by atoms with E-state index >= 15 is 0 Å². The van der Waals surface area contributed by atoms with Gasteiger partial charge >= 0.3 is 10.8 Å². The third-order valence-electron chi connectivity index (χ3n) is 1.91. The first-order chi connectivity index (χ1) is 7.77. The molecule has 0 aliphatic carbocycles. The number of sulfonamides is 1. The van der Waals surface area contributed by atoms with Crippen LogP contribution in [0, 0.1) is 6.92 Å². The molecule has 0 aromatic carbocycles. The summed E-state index contributed by atoms with van der Waals surface area (Å²) in [5.41, 5.74) is 0.240. The van der Waals surface area contributed by atoms with Crippen LogP contribution < -0.4 is 9.60 Å². The average Bonchev–Trinajstić information content (AvgIpc) is 2.56. The van der Waals surface area contributed by atoms with Crippen molar-refractivity contribution in [2.24, 2.45) is 0 Å². The molecule has 9 heteroatoms. The Balaban J connectivity index is 3.01. The van der Waals surface area contributed by atoms with E-state index in [9.17, 15) is 18.0 Å². The maximum atomic E-state index is 11.8. The fourth-order valence-corrected chi connectivity index (χ4v) is 3.67. The fraction of sp³-hybridized carbons (Fsp3) is 0.500. The molecular formula is C8H12N2O5S2. The SMILES string of the molecule is COC(=O)C(C)NS(=O)(=O)c1sc(=O)[nH]c1C. The summed E-state index contributed by atoms with van der Waals surface area (Å²) in [6.45, 7) is 2.82. The van der Waals surface area contributed by atoms with Gasteiger partial charge in [-0.05, 0) is 13.8 Å². The van der Waals surface area contributed by atoms with Crippen molar-refractivity contribution in [3.8, 4) is 0 Å². The van der Waals surface area contributed by atoms with Crippen molar-refractivity contribution in [2.45, 2.75) is 24.1 Å². The molecule has 0 aliphatic heterocycles. The quantitative estimate of drug-likeness (QED) is 0.729. The van der Waals surface area contributed by atoms with Crippen molar-refractivity contribution in [1.29, 1.82) is 0 Å². The molecule has 0 radical (unpaired) electrons. The standard InChI is InChI=1S/C8H12N2O5S2/c1-4(6(11)15-3)10-17(13,14)7-5(2)9-8(12)16-7/h4,10H,1-3H3,(H,9,12). The number of aryl methyl sites for hydroxylation is 1. The smallest absolute Gasteiger partial charge is 0.323 e. The average molecular weight is 280 g/mol. The zero-order chi connectivity index (χ0) is 13.2. The number of rotatable bonds is 4. The Morgan fingerprint density at radius 1 is 1.53 bits per heavy atom. The summed E-state index contributed by atoms with van der Waals surface area (Å²) >= 11 is 0.569. The third-order valence-corrected chi connectivity index (χ3v) is 5.06. The van der Waals surface area contributed by atoms with E-state index in [1.807, 2.05) is 0 Å². The molecule has 1 rings (SSSR count). The lowest BCUT2D eigenvalue weighted by Gasteiger charge is -2.10. The van der Waals surface area contributed by atoms with Gasteiger partial charge in [-0.15, -0.1) is 0 Å². The van der Waals surface area contributed by atoms with E-state index in [-0.39, 0.29) is 9.90 Å². The minimum absolute atomic E-state index is 0.127. The normalized spacial score (nSPS) is 13.4. The van der Waals surface area contributed by atoms with Gasteiger partial charge in [0.25, 0.3) is 10.0 Å². The van der Waals surface area contributed by atoms with Crippen molar-refractivity contribution in [1.82, 2.24) is 9.71 Å². The molecule has 0 amide bonds. The van der Waals surface area contributed by atoms with E-state index < -0.39 is 26.9 Å². The van der Waals surface area contributed by atoms with Crippen molar-refractivity contribution < 1.29 is 17.9 Å². The van der Waals surface area contributed by atoms with Gasteiger partial charge in [0, 0.05) is 5.69 Å². The van der Waals surface area contributed by atoms with E-state index in [2.05, 4.69) is 14.4 Å². The summed E-state index contributed by atoms with van der Waals surface area (Å²) in [4.78, 5) is 24.0. The van der Waals surface area contributed by atoms with Crippen molar-refractivity contribution >= 4 is 27.3 Å². The Morgan fingerprint density at radius 3 is 2.53 bits per heavy atom. The Labute approximate surface area is 102 Å². The molecule has 1 unspecified atom stereocenters. The second kappa shape index (κ2) is 4.98. The van der Waals surface area contributed by atoms with Crippen LogP contribution in [0.3, 0.4) is 0 Å². The van der Waals surface area contributed by atoms with Crippen LogP contribution in [0.2, 0.25) is 0 Å². The lowest BCUT2D eigenvalue weighted by molar-refractivity contribution is -0.142. The zero-order valence-corrected chi connectivity index (χ0v) is 11.1. The number of thiazole rings is 1. The van der Waals surface area contributed by atoms with Gasteiger partial charge in [0.05, 0.1) is 7.11 Å². The molecule has 2 N–H and O–H groups in total. The van der Waals surface area contributed by atoms with Crippen molar-refractivity contribution in [3.63, 3.8) is 0 Å². The van der Waals surface area contributed by atoms with Gasteiger partial charge in [0.15, 0.2) is 4.21 Å². The van der Waals surface area contributed by atoms with Crippen LogP contribution >= 0.6 is 11.3 Å². The van der Waals surface area contributed by atoms with Crippen LogP contribution in [0.4, 0.5) is 0 Å². The number of hydrogen-bond acceptors (Lipinski definition) is 6. The number of carbonyl (C=O) groups is 1. The Hall–Kier alpha value is -1.19. The van der Waals surface area contributed by atoms with E-state index in [1.165, 1.54) is 13.8 Å². The highest BCUT2D eigenvalue weighted by Crippen LogP contribution is 2.15. The number of hydrogen-bond donors (Lipinski definition) is 2. The number of aromatic nitrogens is 1. The Morgan fingerprint density at radius 2 is 2.12 bits per heavy atom. The largest absolute Gasteiger partial charge is 0.468 e. The first-order valence-electron chi connectivity index (χ1n) is 4.58. The molecule has 0 fully saturated rings. The summed E-state index contributed by atoms with van der Waals surface area (Å²) in [6, 6.07) is -1.01. The highest BCUT2D eigenvalue weighted by molar-refractivity contribution is 7.91. The number of esters is 1. The summed E-state index contributed by atoms with van der Waals surface area (Å²) in [5, 5.41) is 0. The predicted molar refractivity (Wildman–Crippen MR) is 61.5 cm³/mol. The first-order valence-corrected chi connectivity index (χ1v) is 6.87. The van der Waals surface area contributed by atoms with Crippen LogP contribution in [0.5, 0.6) is 0 Å². The van der Waals surface area contributed by atoms with Crippen LogP contribution in [0.1, 0.15) is 12.6 Å². The number of ether oxygens (including phenoxy) is 1. The number of aromatic amines is 1. The maximum absolute atomic E-state index is 11.8. The molecule has 96 valence electrons. The Bertz CT molecular complexity index is 571. The second-order valence-corrected chi connectivity index (χ2v) is 6.19. The van der Waals surface area contributed by atoms with E-state index in [4.69, 9.17) is 0 Å². The monoisotopic (exact) mass is 280 g/mol. The summed E-state index contributed by atoms with van der Waals surface area (Å²) in [6.07, 6.45) is 0. The fourth-order valence-electron chi connectivity index (χ4n) is 1.16. The minimum atomic E-state index is -3.89. The van der Waals surface area contributed by atoms with Gasteiger partial charge in [-0.3, -0.25) is 9.59 Å². The lowest BCUT2D eigenvalue weighted by Crippen LogP contribution is -2.39. The van der Waals surface area contributed by atoms with Crippen LogP contribution in [0.25, 0.3) is 0 Å². The van der Waals surface area contributed by atoms with Gasteiger partial charge in [0.2, 0.25) is 0 Å². The number of nitrogens with one attached hydrogen (secondary N) is 2. The molecule has 1 aromatic rings. The molecule has 0 saturated carbocycles.